The summed E-state index contributed by atoms with van der Waals surface area (Å²) in [6, 6.07) is 12.7. The van der Waals surface area contributed by atoms with Gasteiger partial charge >= 0.3 is 0 Å². The number of carbonyl (C=O) groups excluding carboxylic acids is 1. The van der Waals surface area contributed by atoms with Gasteiger partial charge in [-0.3, -0.25) is 4.79 Å². The van der Waals surface area contributed by atoms with Gasteiger partial charge in [-0.25, -0.2) is 13.2 Å². The quantitative estimate of drug-likeness (QED) is 0.358. The van der Waals surface area contributed by atoms with Crippen LogP contribution in [0.4, 0.5) is 13.2 Å². The highest BCUT2D eigenvalue weighted by molar-refractivity contribution is 5.73. The molecule has 0 saturated heterocycles. The number of rotatable bonds is 10. The number of carbonyl (C=O) groups is 1. The molecule has 4 rings (SSSR count). The maximum absolute atomic E-state index is 14.6. The average molecular weight is 486 g/mol. The molecule has 1 N–H and O–H groups in total. The summed E-state index contributed by atoms with van der Waals surface area (Å²) in [7, 11) is 0. The van der Waals surface area contributed by atoms with Crippen LogP contribution in [-0.4, -0.2) is 12.5 Å². The Hall–Kier alpha value is -3.68. The summed E-state index contributed by atoms with van der Waals surface area (Å²) in [5.74, 6) is -1.58. The van der Waals surface area contributed by atoms with Crippen LogP contribution in [0.3, 0.4) is 0 Å². The predicted octanol–water partition coefficient (Wildman–Crippen LogP) is 6.46. The topological polar surface area (TPSA) is 56.8 Å². The van der Waals surface area contributed by atoms with Gasteiger partial charge in [0.05, 0.1) is 18.2 Å². The van der Waals surface area contributed by atoms with Crippen LogP contribution in [0.15, 0.2) is 54.6 Å². The van der Waals surface area contributed by atoms with Crippen LogP contribution in [-0.2, 0) is 11.4 Å². The zero-order chi connectivity index (χ0) is 24.9. The van der Waals surface area contributed by atoms with E-state index in [9.17, 15) is 18.0 Å². The lowest BCUT2D eigenvalue weighted by molar-refractivity contribution is -0.119. The van der Waals surface area contributed by atoms with E-state index in [1.807, 2.05) is 6.92 Å². The molecule has 1 aliphatic carbocycles. The van der Waals surface area contributed by atoms with Gasteiger partial charge in [-0.05, 0) is 55.5 Å². The Morgan fingerprint density at radius 2 is 1.57 bits per heavy atom. The van der Waals surface area contributed by atoms with Crippen LogP contribution in [0.25, 0.3) is 0 Å². The fourth-order valence-electron chi connectivity index (χ4n) is 3.45. The third-order valence-electron chi connectivity index (χ3n) is 5.61. The smallest absolute Gasteiger partial charge is 0.217 e. The first-order chi connectivity index (χ1) is 16.8. The second kappa shape index (κ2) is 10.7. The number of hydrogen-bond acceptors (Lipinski definition) is 4. The van der Waals surface area contributed by atoms with Crippen LogP contribution < -0.4 is 19.5 Å². The first-order valence-electron chi connectivity index (χ1n) is 11.4. The molecule has 0 aliphatic heterocycles. The van der Waals surface area contributed by atoms with E-state index in [4.69, 9.17) is 14.2 Å². The number of benzene rings is 3. The summed E-state index contributed by atoms with van der Waals surface area (Å²) in [5.41, 5.74) is 0.579. The third-order valence-corrected chi connectivity index (χ3v) is 5.61. The molecule has 0 radical (unpaired) electrons. The molecule has 1 saturated carbocycles. The molecule has 1 amide bonds. The number of nitrogens with one attached hydrogen (secondary N) is 1. The minimum absolute atomic E-state index is 0.145. The van der Waals surface area contributed by atoms with E-state index in [2.05, 4.69) is 5.32 Å². The van der Waals surface area contributed by atoms with E-state index in [-0.39, 0.29) is 35.6 Å². The van der Waals surface area contributed by atoms with Gasteiger partial charge < -0.3 is 19.5 Å². The van der Waals surface area contributed by atoms with E-state index in [0.717, 1.165) is 30.5 Å². The Kier molecular flexibility index (Phi) is 7.48. The summed E-state index contributed by atoms with van der Waals surface area (Å²) in [5, 5.41) is 2.77. The van der Waals surface area contributed by atoms with Crippen LogP contribution in [0, 0.1) is 23.4 Å². The Bertz CT molecular complexity index is 1170. The molecule has 0 aromatic heterocycles. The van der Waals surface area contributed by atoms with Gasteiger partial charge in [0, 0.05) is 25.1 Å². The van der Waals surface area contributed by atoms with E-state index in [1.54, 1.807) is 24.3 Å². The van der Waals surface area contributed by atoms with Gasteiger partial charge in [-0.2, -0.15) is 0 Å². The molecule has 0 bridgehead atoms. The highest BCUT2D eigenvalue weighted by Gasteiger charge is 2.22. The molecule has 0 spiro atoms. The van der Waals surface area contributed by atoms with Crippen molar-refractivity contribution in [1.29, 1.82) is 0 Å². The van der Waals surface area contributed by atoms with Gasteiger partial charge in [-0.15, -0.1) is 0 Å². The van der Waals surface area contributed by atoms with Gasteiger partial charge in [0.25, 0.3) is 0 Å². The zero-order valence-corrected chi connectivity index (χ0v) is 19.4. The fourth-order valence-corrected chi connectivity index (χ4v) is 3.45. The zero-order valence-electron chi connectivity index (χ0n) is 19.4. The number of ether oxygens (including phenoxy) is 3. The highest BCUT2D eigenvalue weighted by atomic mass is 19.1. The van der Waals surface area contributed by atoms with Crippen LogP contribution in [0.1, 0.15) is 43.9 Å². The Balaban J connectivity index is 1.40. The van der Waals surface area contributed by atoms with Crippen LogP contribution in [0.5, 0.6) is 23.0 Å². The molecule has 3 aromatic rings. The maximum Gasteiger partial charge on any atom is 0.217 e. The minimum atomic E-state index is -0.877. The second-order valence-corrected chi connectivity index (χ2v) is 8.59. The monoisotopic (exact) mass is 485 g/mol. The van der Waals surface area contributed by atoms with Crippen molar-refractivity contribution in [2.45, 2.75) is 39.3 Å². The standard InChI is InChI=1S/C27H26F3NO4/c1-16(31-17(2)32)19-5-7-20(8-6-19)34-15-23-25(29)11-22(12-26(23)30)35-27-13-21(9-10-24(27)28)33-14-18-3-4-18/h5-13,16,18H,3-4,14-15H2,1-2H3,(H,31,32). The molecule has 1 atom stereocenters. The summed E-state index contributed by atoms with van der Waals surface area (Å²) in [6.07, 6.45) is 2.23. The molecule has 1 fully saturated rings. The van der Waals surface area contributed by atoms with Crippen molar-refractivity contribution in [3.8, 4) is 23.0 Å². The van der Waals surface area contributed by atoms with E-state index in [0.29, 0.717) is 24.0 Å². The number of amides is 1. The molecule has 3 aromatic carbocycles. The van der Waals surface area contributed by atoms with Crippen LogP contribution >= 0.6 is 0 Å². The first-order valence-corrected chi connectivity index (χ1v) is 11.4. The molecular weight excluding hydrogens is 459 g/mol. The summed E-state index contributed by atoms with van der Waals surface area (Å²) in [4.78, 5) is 11.2. The minimum Gasteiger partial charge on any atom is -0.493 e. The summed E-state index contributed by atoms with van der Waals surface area (Å²) >= 11 is 0. The van der Waals surface area contributed by atoms with Gasteiger partial charge in [0.1, 0.15) is 35.5 Å². The molecule has 5 nitrogen and oxygen atoms in total. The number of halogens is 3. The Morgan fingerprint density at radius 1 is 0.914 bits per heavy atom. The Morgan fingerprint density at radius 3 is 2.20 bits per heavy atom. The van der Waals surface area contributed by atoms with Crippen molar-refractivity contribution in [2.75, 3.05) is 6.61 Å². The SMILES string of the molecule is CC(=O)NC(C)c1ccc(OCc2c(F)cc(Oc3cc(OCC4CC4)ccc3F)cc2F)cc1. The lowest BCUT2D eigenvalue weighted by Crippen LogP contribution is -2.23. The molecule has 184 valence electrons. The number of hydrogen-bond donors (Lipinski definition) is 1. The van der Waals surface area contributed by atoms with E-state index < -0.39 is 17.5 Å². The Labute approximate surface area is 201 Å². The molecule has 1 unspecified atom stereocenters. The van der Waals surface area contributed by atoms with Crippen molar-refractivity contribution >= 4 is 5.91 Å². The van der Waals surface area contributed by atoms with Crippen molar-refractivity contribution in [2.24, 2.45) is 5.92 Å². The second-order valence-electron chi connectivity index (χ2n) is 8.59. The average Bonchev–Trinajstić information content (AvgIpc) is 3.63. The van der Waals surface area contributed by atoms with Crippen molar-refractivity contribution in [1.82, 2.24) is 5.32 Å². The van der Waals surface area contributed by atoms with Crippen LogP contribution in [0.2, 0.25) is 0 Å². The fraction of sp³-hybridized carbons (Fsp3) is 0.296. The van der Waals surface area contributed by atoms with Gasteiger partial charge in [-0.1, -0.05) is 12.1 Å². The van der Waals surface area contributed by atoms with Crippen molar-refractivity contribution < 1.29 is 32.2 Å². The van der Waals surface area contributed by atoms with E-state index >= 15 is 0 Å². The van der Waals surface area contributed by atoms with E-state index in [1.165, 1.54) is 25.1 Å². The molecule has 0 heterocycles. The first kappa shape index (κ1) is 24.4. The molecule has 8 heteroatoms. The summed E-state index contributed by atoms with van der Waals surface area (Å²) in [6.45, 7) is 3.47. The van der Waals surface area contributed by atoms with Crippen molar-refractivity contribution in [3.05, 3.63) is 83.2 Å². The molecular formula is C27H26F3NO4. The predicted molar refractivity (Wildman–Crippen MR) is 124 cm³/mol. The lowest BCUT2D eigenvalue weighted by Gasteiger charge is -2.14. The third kappa shape index (κ3) is 6.68. The lowest BCUT2D eigenvalue weighted by atomic mass is 10.1. The molecule has 1 aliphatic rings. The molecule has 35 heavy (non-hydrogen) atoms. The summed E-state index contributed by atoms with van der Waals surface area (Å²) < 4.78 is 60.0. The highest BCUT2D eigenvalue weighted by Crippen LogP contribution is 2.33. The normalized spacial score (nSPS) is 13.7. The van der Waals surface area contributed by atoms with Crippen molar-refractivity contribution in [3.63, 3.8) is 0 Å². The van der Waals surface area contributed by atoms with Gasteiger partial charge in [0.2, 0.25) is 5.91 Å². The maximum atomic E-state index is 14.6. The largest absolute Gasteiger partial charge is 0.493 e. The van der Waals surface area contributed by atoms with Gasteiger partial charge in [0.15, 0.2) is 11.6 Å².